The summed E-state index contributed by atoms with van der Waals surface area (Å²) in [5.74, 6) is 0. The summed E-state index contributed by atoms with van der Waals surface area (Å²) in [6.07, 6.45) is -5.22. The first kappa shape index (κ1) is 11.9. The molecule has 0 saturated carbocycles. The van der Waals surface area contributed by atoms with Gasteiger partial charge in [0.15, 0.2) is 0 Å². The fourth-order valence-corrected chi connectivity index (χ4v) is 2.24. The van der Waals surface area contributed by atoms with Crippen molar-refractivity contribution < 1.29 is 13.2 Å². The molecule has 0 aliphatic rings. The van der Waals surface area contributed by atoms with Crippen molar-refractivity contribution in [2.45, 2.75) is 12.6 Å². The number of para-hydroxylation sites is 1. The lowest BCUT2D eigenvalue weighted by Gasteiger charge is -2.02. The molecule has 6 heteroatoms. The molecule has 17 heavy (non-hydrogen) atoms. The van der Waals surface area contributed by atoms with E-state index in [-0.39, 0.29) is 5.01 Å². The van der Waals surface area contributed by atoms with Crippen LogP contribution < -0.4 is 5.73 Å². The molecule has 2 aromatic rings. The Balaban J connectivity index is 2.28. The monoisotopic (exact) mass is 258 g/mol. The Hall–Kier alpha value is -1.56. The van der Waals surface area contributed by atoms with E-state index in [9.17, 15) is 13.2 Å². The van der Waals surface area contributed by atoms with Gasteiger partial charge in [0.05, 0.1) is 12.1 Å². The van der Waals surface area contributed by atoms with E-state index in [0.29, 0.717) is 16.9 Å². The average Bonchev–Trinajstić information content (AvgIpc) is 2.64. The minimum atomic E-state index is -4.22. The summed E-state index contributed by atoms with van der Waals surface area (Å²) in [6.45, 7) is 0. The SMILES string of the molecule is Nc1ccccc1-c1csc(CC(F)(F)F)n1. The molecule has 2 rings (SSSR count). The van der Waals surface area contributed by atoms with E-state index in [1.54, 1.807) is 29.6 Å². The van der Waals surface area contributed by atoms with Crippen molar-refractivity contribution in [2.75, 3.05) is 5.73 Å². The first-order valence-corrected chi connectivity index (χ1v) is 5.70. The number of halogens is 3. The third-order valence-corrected chi connectivity index (χ3v) is 2.99. The number of alkyl halides is 3. The smallest absolute Gasteiger partial charge is 0.395 e. The molecule has 90 valence electrons. The standard InChI is InChI=1S/C11H9F3N2S/c12-11(13,14)5-10-16-9(6-17-10)7-3-1-2-4-8(7)15/h1-4,6H,5,15H2. The second kappa shape index (κ2) is 4.37. The molecule has 0 aliphatic heterocycles. The molecule has 0 amide bonds. The summed E-state index contributed by atoms with van der Waals surface area (Å²) >= 11 is 0.993. The van der Waals surface area contributed by atoms with E-state index in [1.165, 1.54) is 0 Å². The molecule has 0 saturated heterocycles. The Morgan fingerprint density at radius 1 is 1.24 bits per heavy atom. The molecule has 0 spiro atoms. The highest BCUT2D eigenvalue weighted by molar-refractivity contribution is 7.10. The molecular weight excluding hydrogens is 249 g/mol. The number of nitrogen functional groups attached to an aromatic ring is 1. The van der Waals surface area contributed by atoms with Gasteiger partial charge in [0.2, 0.25) is 0 Å². The highest BCUT2D eigenvalue weighted by atomic mass is 32.1. The lowest BCUT2D eigenvalue weighted by atomic mass is 10.1. The van der Waals surface area contributed by atoms with E-state index in [2.05, 4.69) is 4.98 Å². The van der Waals surface area contributed by atoms with E-state index < -0.39 is 12.6 Å². The molecule has 1 aromatic heterocycles. The first-order chi connectivity index (χ1) is 7.96. The first-order valence-electron chi connectivity index (χ1n) is 4.82. The largest absolute Gasteiger partial charge is 0.398 e. The molecule has 0 unspecified atom stereocenters. The zero-order valence-corrected chi connectivity index (χ0v) is 9.48. The molecule has 0 atom stereocenters. The van der Waals surface area contributed by atoms with E-state index in [0.717, 1.165) is 11.3 Å². The van der Waals surface area contributed by atoms with Crippen molar-refractivity contribution in [2.24, 2.45) is 0 Å². The van der Waals surface area contributed by atoms with Crippen LogP contribution in [0.2, 0.25) is 0 Å². The fraction of sp³-hybridized carbons (Fsp3) is 0.182. The minimum absolute atomic E-state index is 0.0516. The summed E-state index contributed by atoms with van der Waals surface area (Å²) in [6, 6.07) is 6.97. The van der Waals surface area contributed by atoms with Crippen LogP contribution in [-0.4, -0.2) is 11.2 Å². The normalized spacial score (nSPS) is 11.7. The van der Waals surface area contributed by atoms with E-state index in [1.807, 2.05) is 0 Å². The van der Waals surface area contributed by atoms with Crippen molar-refractivity contribution in [3.8, 4) is 11.3 Å². The highest BCUT2D eigenvalue weighted by Gasteiger charge is 2.29. The molecule has 1 aromatic carbocycles. The van der Waals surface area contributed by atoms with Crippen LogP contribution in [0.1, 0.15) is 5.01 Å². The molecule has 0 bridgehead atoms. The van der Waals surface area contributed by atoms with Gasteiger partial charge in [-0.2, -0.15) is 13.2 Å². The Kier molecular flexibility index (Phi) is 3.06. The Morgan fingerprint density at radius 2 is 1.94 bits per heavy atom. The van der Waals surface area contributed by atoms with Crippen LogP contribution in [0.4, 0.5) is 18.9 Å². The fourth-order valence-electron chi connectivity index (χ4n) is 1.42. The van der Waals surface area contributed by atoms with E-state index in [4.69, 9.17) is 5.73 Å². The van der Waals surface area contributed by atoms with Crippen LogP contribution in [0.25, 0.3) is 11.3 Å². The predicted octanol–water partition coefficient (Wildman–Crippen LogP) is 3.50. The third kappa shape index (κ3) is 2.97. The van der Waals surface area contributed by atoms with Crippen molar-refractivity contribution in [1.29, 1.82) is 0 Å². The molecule has 2 nitrogen and oxygen atoms in total. The third-order valence-electron chi connectivity index (χ3n) is 2.14. The van der Waals surface area contributed by atoms with Gasteiger partial charge in [-0.3, -0.25) is 0 Å². The number of nitrogens with zero attached hydrogens (tertiary/aromatic N) is 1. The maximum absolute atomic E-state index is 12.2. The van der Waals surface area contributed by atoms with Gasteiger partial charge in [-0.25, -0.2) is 4.98 Å². The summed E-state index contributed by atoms with van der Waals surface area (Å²) < 4.78 is 36.5. The van der Waals surface area contributed by atoms with Crippen molar-refractivity contribution in [3.05, 3.63) is 34.7 Å². The zero-order chi connectivity index (χ0) is 12.5. The lowest BCUT2D eigenvalue weighted by Crippen LogP contribution is -2.11. The van der Waals surface area contributed by atoms with Gasteiger partial charge in [-0.05, 0) is 6.07 Å². The van der Waals surface area contributed by atoms with Crippen molar-refractivity contribution in [1.82, 2.24) is 4.98 Å². The average molecular weight is 258 g/mol. The minimum Gasteiger partial charge on any atom is -0.398 e. The van der Waals surface area contributed by atoms with Crippen LogP contribution in [-0.2, 0) is 6.42 Å². The van der Waals surface area contributed by atoms with Crippen LogP contribution in [0.15, 0.2) is 29.6 Å². The summed E-state index contributed by atoms with van der Waals surface area (Å²) in [5.41, 5.74) is 7.40. The number of hydrogen-bond donors (Lipinski definition) is 1. The Labute approximate surface area is 99.9 Å². The van der Waals surface area contributed by atoms with Crippen LogP contribution in [0, 0.1) is 0 Å². The number of hydrogen-bond acceptors (Lipinski definition) is 3. The number of rotatable bonds is 2. The Bertz CT molecular complexity index is 519. The van der Waals surface area contributed by atoms with E-state index >= 15 is 0 Å². The lowest BCUT2D eigenvalue weighted by molar-refractivity contribution is -0.127. The highest BCUT2D eigenvalue weighted by Crippen LogP contribution is 2.29. The number of benzene rings is 1. The zero-order valence-electron chi connectivity index (χ0n) is 8.66. The topological polar surface area (TPSA) is 38.9 Å². The van der Waals surface area contributed by atoms with Gasteiger partial charge >= 0.3 is 6.18 Å². The number of thiazole rings is 1. The second-order valence-electron chi connectivity index (χ2n) is 3.51. The summed E-state index contributed by atoms with van der Waals surface area (Å²) in [4.78, 5) is 3.95. The molecular formula is C11H9F3N2S. The van der Waals surface area contributed by atoms with Crippen LogP contribution in [0.3, 0.4) is 0 Å². The van der Waals surface area contributed by atoms with Gasteiger partial charge < -0.3 is 5.73 Å². The van der Waals surface area contributed by atoms with Gasteiger partial charge in [0.1, 0.15) is 5.01 Å². The Morgan fingerprint density at radius 3 is 2.59 bits per heavy atom. The maximum Gasteiger partial charge on any atom is 0.395 e. The molecule has 0 fully saturated rings. The molecule has 0 radical (unpaired) electrons. The van der Waals surface area contributed by atoms with Gasteiger partial charge in [-0.1, -0.05) is 18.2 Å². The molecule has 2 N–H and O–H groups in total. The quantitative estimate of drug-likeness (QED) is 0.837. The van der Waals surface area contributed by atoms with Crippen LogP contribution in [0.5, 0.6) is 0 Å². The molecule has 0 aliphatic carbocycles. The van der Waals surface area contributed by atoms with Crippen molar-refractivity contribution in [3.63, 3.8) is 0 Å². The second-order valence-corrected chi connectivity index (χ2v) is 4.45. The summed E-state index contributed by atoms with van der Waals surface area (Å²) in [7, 11) is 0. The number of nitrogens with two attached hydrogens (primary N) is 1. The predicted molar refractivity (Wildman–Crippen MR) is 61.7 cm³/mol. The van der Waals surface area contributed by atoms with Gasteiger partial charge in [0.25, 0.3) is 0 Å². The van der Waals surface area contributed by atoms with Crippen LogP contribution >= 0.6 is 11.3 Å². The molecule has 1 heterocycles. The van der Waals surface area contributed by atoms with Gasteiger partial charge in [-0.15, -0.1) is 11.3 Å². The van der Waals surface area contributed by atoms with Gasteiger partial charge in [0, 0.05) is 16.6 Å². The van der Waals surface area contributed by atoms with Crippen molar-refractivity contribution >= 4 is 17.0 Å². The number of anilines is 1. The number of aromatic nitrogens is 1. The summed E-state index contributed by atoms with van der Waals surface area (Å²) in [5, 5.41) is 1.64. The maximum atomic E-state index is 12.2.